The topological polar surface area (TPSA) is 96.9 Å². The van der Waals surface area contributed by atoms with Crippen LogP contribution in [-0.4, -0.2) is 23.2 Å². The van der Waals surface area contributed by atoms with Crippen molar-refractivity contribution < 1.29 is 14.7 Å². The van der Waals surface area contributed by atoms with Gasteiger partial charge in [0, 0.05) is 0 Å². The van der Waals surface area contributed by atoms with E-state index in [2.05, 4.69) is 10.5 Å². The lowest BCUT2D eigenvalue weighted by Crippen LogP contribution is -2.47. The van der Waals surface area contributed by atoms with Crippen LogP contribution >= 0.6 is 0 Å². The molecule has 96 valence electrons. The molecule has 1 aromatic rings. The van der Waals surface area contributed by atoms with E-state index in [1.54, 1.807) is 24.3 Å². The minimum atomic E-state index is -0.607. The summed E-state index contributed by atoms with van der Waals surface area (Å²) >= 11 is 0. The molecule has 0 bridgehead atoms. The normalized spacial score (nSPS) is 17.0. The van der Waals surface area contributed by atoms with Crippen molar-refractivity contribution in [2.24, 2.45) is 16.8 Å². The molecule has 0 spiro atoms. The van der Waals surface area contributed by atoms with Crippen LogP contribution in [0.15, 0.2) is 35.5 Å². The van der Waals surface area contributed by atoms with Crippen molar-refractivity contribution in [3.63, 3.8) is 0 Å². The van der Waals surface area contributed by atoms with Crippen LogP contribution < -0.4 is 15.8 Å². The first kappa shape index (κ1) is 12.2. The fraction of sp³-hybridized carbons (Fsp3) is 0.333. The van der Waals surface area contributed by atoms with Crippen LogP contribution in [0.25, 0.3) is 0 Å². The third kappa shape index (κ3) is 3.13. The predicted octanol–water partition coefficient (Wildman–Crippen LogP) is 1.30. The molecule has 1 aliphatic carbocycles. The number of ether oxygens (including phenoxy) is 1. The van der Waals surface area contributed by atoms with Gasteiger partial charge in [-0.05, 0) is 30.9 Å². The summed E-state index contributed by atoms with van der Waals surface area (Å²) in [5.41, 5.74) is 5.53. The highest BCUT2D eigenvalue weighted by Gasteiger charge is 2.35. The monoisotopic (exact) mass is 249 g/mol. The number of carbonyl (C=O) groups is 1. The van der Waals surface area contributed by atoms with E-state index in [4.69, 9.17) is 15.7 Å². The minimum absolute atomic E-state index is 0.00233. The molecule has 1 aliphatic rings. The number of amides is 1. The van der Waals surface area contributed by atoms with E-state index >= 15 is 0 Å². The van der Waals surface area contributed by atoms with Gasteiger partial charge in [0.1, 0.15) is 5.75 Å². The summed E-state index contributed by atoms with van der Waals surface area (Å²) in [5, 5.41) is 14.2. The molecule has 1 fully saturated rings. The van der Waals surface area contributed by atoms with Gasteiger partial charge in [0.15, 0.2) is 5.84 Å². The molecule has 6 nitrogen and oxygen atoms in total. The standard InChI is InChI=1S/C12H15N3O3/c13-11(15-17)10(8-6-7-8)14-12(16)18-9-4-2-1-3-5-9/h1-5,8,10,17H,6-7H2,(H2,13,15)(H,14,16). The Hall–Kier alpha value is -2.24. The third-order valence-corrected chi connectivity index (χ3v) is 2.75. The maximum atomic E-state index is 11.6. The minimum Gasteiger partial charge on any atom is -0.410 e. The van der Waals surface area contributed by atoms with Crippen LogP contribution in [0.2, 0.25) is 0 Å². The first-order chi connectivity index (χ1) is 8.70. The van der Waals surface area contributed by atoms with Crippen LogP contribution in [0.1, 0.15) is 12.8 Å². The Bertz CT molecular complexity index is 443. The summed E-state index contributed by atoms with van der Waals surface area (Å²) < 4.78 is 5.08. The number of benzene rings is 1. The molecule has 2 rings (SSSR count). The van der Waals surface area contributed by atoms with Crippen molar-refractivity contribution >= 4 is 11.9 Å². The van der Waals surface area contributed by atoms with Crippen molar-refractivity contribution in [2.45, 2.75) is 18.9 Å². The number of amidine groups is 1. The van der Waals surface area contributed by atoms with Gasteiger partial charge in [-0.2, -0.15) is 0 Å². The number of oxime groups is 1. The molecule has 1 amide bonds. The fourth-order valence-corrected chi connectivity index (χ4v) is 1.68. The average molecular weight is 249 g/mol. The maximum absolute atomic E-state index is 11.6. The number of carbonyl (C=O) groups excluding carboxylic acids is 1. The summed E-state index contributed by atoms with van der Waals surface area (Å²) in [7, 11) is 0. The molecule has 1 saturated carbocycles. The zero-order valence-electron chi connectivity index (χ0n) is 9.74. The second kappa shape index (κ2) is 5.39. The van der Waals surface area contributed by atoms with Crippen LogP contribution in [0, 0.1) is 5.92 Å². The van der Waals surface area contributed by atoms with Gasteiger partial charge >= 0.3 is 6.09 Å². The number of hydrogen-bond acceptors (Lipinski definition) is 4. The van der Waals surface area contributed by atoms with E-state index in [9.17, 15) is 4.79 Å². The molecule has 18 heavy (non-hydrogen) atoms. The SMILES string of the molecule is NC(=NO)C(NC(=O)Oc1ccccc1)C1CC1. The molecule has 0 radical (unpaired) electrons. The van der Waals surface area contributed by atoms with Gasteiger partial charge in [-0.25, -0.2) is 4.79 Å². The Labute approximate surface area is 104 Å². The average Bonchev–Trinajstić information content (AvgIpc) is 3.20. The Morgan fingerprint density at radius 3 is 2.67 bits per heavy atom. The number of nitrogens with one attached hydrogen (secondary N) is 1. The third-order valence-electron chi connectivity index (χ3n) is 2.75. The number of rotatable bonds is 4. The summed E-state index contributed by atoms with van der Waals surface area (Å²) in [6, 6.07) is 8.25. The Morgan fingerprint density at radius 2 is 2.11 bits per heavy atom. The predicted molar refractivity (Wildman–Crippen MR) is 65.5 cm³/mol. The quantitative estimate of drug-likeness (QED) is 0.324. The summed E-state index contributed by atoms with van der Waals surface area (Å²) in [6.07, 6.45) is 1.30. The Kier molecular flexibility index (Phi) is 3.66. The molecular weight excluding hydrogens is 234 g/mol. The van der Waals surface area contributed by atoms with Gasteiger partial charge in [0.2, 0.25) is 0 Å². The molecule has 1 atom stereocenters. The summed E-state index contributed by atoms with van der Waals surface area (Å²) in [5.74, 6) is 0.677. The van der Waals surface area contributed by atoms with Gasteiger partial charge in [-0.3, -0.25) is 0 Å². The number of nitrogens with zero attached hydrogens (tertiary/aromatic N) is 1. The van der Waals surface area contributed by atoms with E-state index in [1.165, 1.54) is 0 Å². The molecule has 0 saturated heterocycles. The smallest absolute Gasteiger partial charge is 0.410 e. The fourth-order valence-electron chi connectivity index (χ4n) is 1.68. The van der Waals surface area contributed by atoms with Gasteiger partial charge in [0.25, 0.3) is 0 Å². The molecule has 0 aliphatic heterocycles. The maximum Gasteiger partial charge on any atom is 0.413 e. The lowest BCUT2D eigenvalue weighted by molar-refractivity contribution is 0.197. The number of hydrogen-bond donors (Lipinski definition) is 3. The zero-order chi connectivity index (χ0) is 13.0. The van der Waals surface area contributed by atoms with Crippen LogP contribution in [0.3, 0.4) is 0 Å². The largest absolute Gasteiger partial charge is 0.413 e. The second-order valence-electron chi connectivity index (χ2n) is 4.19. The van der Waals surface area contributed by atoms with Crippen molar-refractivity contribution in [3.8, 4) is 5.75 Å². The van der Waals surface area contributed by atoms with Gasteiger partial charge in [-0.15, -0.1) is 0 Å². The summed E-state index contributed by atoms with van der Waals surface area (Å²) in [4.78, 5) is 11.6. The van der Waals surface area contributed by atoms with Gasteiger partial charge in [0.05, 0.1) is 6.04 Å². The van der Waals surface area contributed by atoms with Crippen molar-refractivity contribution in [3.05, 3.63) is 30.3 Å². The first-order valence-corrected chi connectivity index (χ1v) is 5.71. The highest BCUT2D eigenvalue weighted by molar-refractivity contribution is 5.89. The Morgan fingerprint density at radius 1 is 1.44 bits per heavy atom. The molecule has 1 unspecified atom stereocenters. The molecular formula is C12H15N3O3. The van der Waals surface area contributed by atoms with Crippen LogP contribution in [-0.2, 0) is 0 Å². The van der Waals surface area contributed by atoms with Gasteiger partial charge in [-0.1, -0.05) is 23.4 Å². The van der Waals surface area contributed by atoms with Gasteiger partial charge < -0.3 is 21.0 Å². The van der Waals surface area contributed by atoms with E-state index in [0.29, 0.717) is 5.75 Å². The molecule has 0 heterocycles. The van der Waals surface area contributed by atoms with E-state index in [0.717, 1.165) is 12.8 Å². The van der Waals surface area contributed by atoms with Crippen molar-refractivity contribution in [2.75, 3.05) is 0 Å². The first-order valence-electron chi connectivity index (χ1n) is 5.71. The van der Waals surface area contributed by atoms with E-state index in [-0.39, 0.29) is 11.8 Å². The number of para-hydroxylation sites is 1. The Balaban J connectivity index is 1.93. The highest BCUT2D eigenvalue weighted by atomic mass is 16.6. The lowest BCUT2D eigenvalue weighted by atomic mass is 10.2. The van der Waals surface area contributed by atoms with Crippen molar-refractivity contribution in [1.82, 2.24) is 5.32 Å². The zero-order valence-corrected chi connectivity index (χ0v) is 9.74. The second-order valence-corrected chi connectivity index (χ2v) is 4.19. The van der Waals surface area contributed by atoms with Crippen LogP contribution in [0.4, 0.5) is 4.79 Å². The molecule has 0 aromatic heterocycles. The van der Waals surface area contributed by atoms with Crippen LogP contribution in [0.5, 0.6) is 5.75 Å². The lowest BCUT2D eigenvalue weighted by Gasteiger charge is -2.16. The molecule has 4 N–H and O–H groups in total. The molecule has 6 heteroatoms. The number of nitrogens with two attached hydrogens (primary N) is 1. The highest BCUT2D eigenvalue weighted by Crippen LogP contribution is 2.32. The van der Waals surface area contributed by atoms with E-state index in [1.807, 2.05) is 6.07 Å². The van der Waals surface area contributed by atoms with E-state index < -0.39 is 12.1 Å². The summed E-state index contributed by atoms with van der Waals surface area (Å²) in [6.45, 7) is 0. The van der Waals surface area contributed by atoms with Crippen molar-refractivity contribution in [1.29, 1.82) is 0 Å². The molecule has 1 aromatic carbocycles.